The lowest BCUT2D eigenvalue weighted by Crippen LogP contribution is -2.62. The zero-order valence-corrected chi connectivity index (χ0v) is 14.1. The third-order valence-electron chi connectivity index (χ3n) is 4.35. The molecule has 1 fully saturated rings. The Balaban J connectivity index is 1.68. The topological polar surface area (TPSA) is 130 Å². The normalized spacial score (nSPS) is 14.9. The molecule has 1 aliphatic heterocycles. The number of amides is 1. The quantitative estimate of drug-likeness (QED) is 0.614. The van der Waals surface area contributed by atoms with E-state index in [1.807, 2.05) is 6.20 Å². The first-order valence-corrected chi connectivity index (χ1v) is 8.13. The van der Waals surface area contributed by atoms with Gasteiger partial charge < -0.3 is 10.2 Å². The first-order chi connectivity index (χ1) is 13.1. The highest BCUT2D eigenvalue weighted by Gasteiger charge is 2.43. The van der Waals surface area contributed by atoms with Crippen LogP contribution in [-0.2, 0) is 10.3 Å². The fraction of sp³-hybridized carbons (Fsp3) is 0.312. The number of fused-ring (bicyclic) bond motifs is 1. The van der Waals surface area contributed by atoms with E-state index < -0.39 is 5.91 Å². The second kappa shape index (κ2) is 6.48. The van der Waals surface area contributed by atoms with Crippen molar-refractivity contribution in [2.75, 3.05) is 25.0 Å². The van der Waals surface area contributed by atoms with Gasteiger partial charge in [-0.05, 0) is 0 Å². The standard InChI is InChI=1S/C16H14N10O/c1-18-8-16(9-19-10-16)25-7-11(6-21-25)14-20-5-3-12-22-15(24-26(12)14)23-13(27)2-4-17/h3,5-7,19H,2,8-10H2,(H,23,24,27). The summed E-state index contributed by atoms with van der Waals surface area (Å²) in [6.45, 7) is 8.90. The van der Waals surface area contributed by atoms with Crippen molar-refractivity contribution in [2.45, 2.75) is 12.0 Å². The Hall–Kier alpha value is -3.83. The summed E-state index contributed by atoms with van der Waals surface area (Å²) >= 11 is 0. The van der Waals surface area contributed by atoms with Gasteiger partial charge in [-0.2, -0.15) is 19.9 Å². The van der Waals surface area contributed by atoms with Gasteiger partial charge in [0, 0.05) is 31.5 Å². The Morgan fingerprint density at radius 1 is 1.52 bits per heavy atom. The Bertz CT molecular complexity index is 1090. The monoisotopic (exact) mass is 362 g/mol. The molecule has 0 atom stereocenters. The van der Waals surface area contributed by atoms with Crippen molar-refractivity contribution in [3.63, 3.8) is 0 Å². The van der Waals surface area contributed by atoms with Crippen LogP contribution in [0.25, 0.3) is 21.9 Å². The van der Waals surface area contributed by atoms with Crippen LogP contribution < -0.4 is 10.6 Å². The summed E-state index contributed by atoms with van der Waals surface area (Å²) in [5, 5.41) is 22.9. The van der Waals surface area contributed by atoms with Crippen LogP contribution >= 0.6 is 0 Å². The SMILES string of the molecule is [C-]#[N+]CC1(n2cc(-c3nccc4nc(NC(=O)CC#N)nn34)cn2)CNC1. The van der Waals surface area contributed by atoms with E-state index in [2.05, 4.69) is 35.6 Å². The number of nitrogens with zero attached hydrogens (tertiary/aromatic N) is 8. The van der Waals surface area contributed by atoms with Gasteiger partial charge >= 0.3 is 0 Å². The number of carbonyl (C=O) groups is 1. The summed E-state index contributed by atoms with van der Waals surface area (Å²) < 4.78 is 3.30. The van der Waals surface area contributed by atoms with Crippen LogP contribution in [0.5, 0.6) is 0 Å². The van der Waals surface area contributed by atoms with Crippen LogP contribution in [0, 0.1) is 17.9 Å². The molecule has 0 saturated carbocycles. The van der Waals surface area contributed by atoms with E-state index in [0.717, 1.165) is 5.56 Å². The maximum atomic E-state index is 11.6. The lowest BCUT2D eigenvalue weighted by molar-refractivity contribution is -0.115. The summed E-state index contributed by atoms with van der Waals surface area (Å²) in [7, 11) is 0. The van der Waals surface area contributed by atoms with E-state index in [9.17, 15) is 4.79 Å². The Morgan fingerprint density at radius 3 is 3.07 bits per heavy atom. The van der Waals surface area contributed by atoms with Crippen molar-refractivity contribution in [3.8, 4) is 17.5 Å². The predicted molar refractivity (Wildman–Crippen MR) is 93.2 cm³/mol. The molecule has 0 bridgehead atoms. The number of nitrogens with one attached hydrogen (secondary N) is 2. The first kappa shape index (κ1) is 16.6. The van der Waals surface area contributed by atoms with Crippen LogP contribution in [0.4, 0.5) is 5.95 Å². The molecule has 1 saturated heterocycles. The maximum Gasteiger partial charge on any atom is 0.249 e. The fourth-order valence-electron chi connectivity index (χ4n) is 2.91. The Morgan fingerprint density at radius 2 is 2.37 bits per heavy atom. The van der Waals surface area contributed by atoms with E-state index in [1.54, 1.807) is 29.2 Å². The van der Waals surface area contributed by atoms with Crippen molar-refractivity contribution in [3.05, 3.63) is 36.1 Å². The van der Waals surface area contributed by atoms with Gasteiger partial charge in [-0.1, -0.05) is 0 Å². The minimum absolute atomic E-state index is 0.101. The van der Waals surface area contributed by atoms with Crippen molar-refractivity contribution in [2.24, 2.45) is 0 Å². The smallest absolute Gasteiger partial charge is 0.249 e. The highest BCUT2D eigenvalue weighted by molar-refractivity contribution is 5.90. The summed E-state index contributed by atoms with van der Waals surface area (Å²) in [5.41, 5.74) is 0.880. The van der Waals surface area contributed by atoms with Gasteiger partial charge in [0.25, 0.3) is 0 Å². The zero-order chi connectivity index (χ0) is 18.9. The molecule has 1 amide bonds. The van der Waals surface area contributed by atoms with E-state index in [4.69, 9.17) is 11.8 Å². The first-order valence-electron chi connectivity index (χ1n) is 8.13. The van der Waals surface area contributed by atoms with E-state index in [1.165, 1.54) is 4.52 Å². The molecule has 0 radical (unpaired) electrons. The molecular formula is C16H14N10O. The van der Waals surface area contributed by atoms with E-state index in [0.29, 0.717) is 31.1 Å². The van der Waals surface area contributed by atoms with E-state index >= 15 is 0 Å². The van der Waals surface area contributed by atoms with Gasteiger partial charge in [-0.15, -0.1) is 5.10 Å². The van der Waals surface area contributed by atoms with Gasteiger partial charge in [-0.25, -0.2) is 11.6 Å². The molecule has 11 nitrogen and oxygen atoms in total. The number of hydrogen-bond donors (Lipinski definition) is 2. The maximum absolute atomic E-state index is 11.6. The average Bonchev–Trinajstić information content (AvgIpc) is 3.24. The summed E-state index contributed by atoms with van der Waals surface area (Å²) in [6, 6.07) is 3.44. The molecule has 0 aromatic carbocycles. The van der Waals surface area contributed by atoms with Gasteiger partial charge in [0.15, 0.2) is 17.0 Å². The molecule has 1 aliphatic rings. The number of anilines is 1. The lowest BCUT2D eigenvalue weighted by atomic mass is 9.93. The predicted octanol–water partition coefficient (Wildman–Crippen LogP) is 0.0578. The van der Waals surface area contributed by atoms with Crippen LogP contribution in [0.2, 0.25) is 0 Å². The summed E-state index contributed by atoms with van der Waals surface area (Å²) in [5.74, 6) is 0.135. The second-order valence-electron chi connectivity index (χ2n) is 6.17. The largest absolute Gasteiger partial charge is 0.314 e. The highest BCUT2D eigenvalue weighted by atomic mass is 16.1. The van der Waals surface area contributed by atoms with Crippen molar-refractivity contribution >= 4 is 17.5 Å². The third kappa shape index (κ3) is 2.86. The average molecular weight is 362 g/mol. The van der Waals surface area contributed by atoms with E-state index in [-0.39, 0.29) is 17.9 Å². The summed E-state index contributed by atoms with van der Waals surface area (Å²) in [6.07, 6.45) is 4.83. The number of hydrogen-bond acceptors (Lipinski definition) is 7. The Labute approximate surface area is 153 Å². The fourth-order valence-corrected chi connectivity index (χ4v) is 2.91. The molecule has 4 rings (SSSR count). The molecule has 4 heterocycles. The van der Waals surface area contributed by atoms with Crippen LogP contribution in [0.15, 0.2) is 24.7 Å². The van der Waals surface area contributed by atoms with Crippen molar-refractivity contribution in [1.82, 2.24) is 34.7 Å². The zero-order valence-electron chi connectivity index (χ0n) is 14.1. The number of carbonyl (C=O) groups excluding carboxylic acids is 1. The Kier molecular flexibility index (Phi) is 3.99. The van der Waals surface area contributed by atoms with Crippen LogP contribution in [0.3, 0.4) is 0 Å². The molecule has 0 spiro atoms. The lowest BCUT2D eigenvalue weighted by Gasteiger charge is -2.38. The van der Waals surface area contributed by atoms with Crippen molar-refractivity contribution in [1.29, 1.82) is 5.26 Å². The van der Waals surface area contributed by atoms with Gasteiger partial charge in [0.1, 0.15) is 6.42 Å². The molecule has 0 unspecified atom stereocenters. The molecule has 134 valence electrons. The van der Waals surface area contributed by atoms with Crippen LogP contribution in [-0.4, -0.2) is 54.9 Å². The molecule has 0 aliphatic carbocycles. The third-order valence-corrected chi connectivity index (χ3v) is 4.35. The highest BCUT2D eigenvalue weighted by Crippen LogP contribution is 2.25. The number of aromatic nitrogens is 6. The summed E-state index contributed by atoms with van der Waals surface area (Å²) in [4.78, 5) is 23.7. The molecule has 3 aromatic heterocycles. The number of rotatable bonds is 5. The minimum Gasteiger partial charge on any atom is -0.314 e. The molecule has 3 aromatic rings. The van der Waals surface area contributed by atoms with Gasteiger partial charge in [0.2, 0.25) is 18.4 Å². The van der Waals surface area contributed by atoms with Gasteiger partial charge in [0.05, 0.1) is 17.8 Å². The second-order valence-corrected chi connectivity index (χ2v) is 6.17. The van der Waals surface area contributed by atoms with Crippen LogP contribution in [0.1, 0.15) is 6.42 Å². The number of nitriles is 1. The molecule has 11 heteroatoms. The minimum atomic E-state index is -0.477. The van der Waals surface area contributed by atoms with Crippen molar-refractivity contribution < 1.29 is 4.79 Å². The molecule has 2 N–H and O–H groups in total. The van der Waals surface area contributed by atoms with Gasteiger partial charge in [-0.3, -0.25) is 14.8 Å². The molecule has 27 heavy (non-hydrogen) atoms. The molecular weight excluding hydrogens is 348 g/mol.